The van der Waals surface area contributed by atoms with E-state index in [1.54, 1.807) is 0 Å². The minimum atomic E-state index is 0.0944. The molecule has 1 amide bonds. The van der Waals surface area contributed by atoms with Gasteiger partial charge in [-0.05, 0) is 25.3 Å². The molecule has 1 heterocycles. The third-order valence-electron chi connectivity index (χ3n) is 3.53. The Morgan fingerprint density at radius 2 is 2.15 bits per heavy atom. The molecule has 1 aromatic rings. The Balaban J connectivity index is 1.53. The number of amides is 1. The van der Waals surface area contributed by atoms with Crippen LogP contribution in [-0.4, -0.2) is 31.7 Å². The summed E-state index contributed by atoms with van der Waals surface area (Å²) in [4.78, 5) is 11.6. The van der Waals surface area contributed by atoms with Crippen molar-refractivity contribution >= 4 is 5.91 Å². The van der Waals surface area contributed by atoms with Gasteiger partial charge >= 0.3 is 0 Å². The number of nitrogens with one attached hydrogen (secondary N) is 2. The summed E-state index contributed by atoms with van der Waals surface area (Å²) in [7, 11) is 0. The van der Waals surface area contributed by atoms with E-state index in [-0.39, 0.29) is 12.0 Å². The fourth-order valence-electron chi connectivity index (χ4n) is 2.26. The van der Waals surface area contributed by atoms with Gasteiger partial charge in [0.05, 0.1) is 6.10 Å². The molecule has 110 valence electrons. The molecule has 1 atom stereocenters. The molecule has 20 heavy (non-hydrogen) atoms. The molecule has 1 aliphatic rings. The van der Waals surface area contributed by atoms with Crippen LogP contribution in [-0.2, 0) is 16.1 Å². The lowest BCUT2D eigenvalue weighted by Crippen LogP contribution is -2.33. The van der Waals surface area contributed by atoms with Crippen LogP contribution in [0.2, 0.25) is 0 Å². The SMILES string of the molecule is Cc1ccc(CNCCC(=O)NCC2CCCO2)cc1. The van der Waals surface area contributed by atoms with Crippen molar-refractivity contribution in [1.82, 2.24) is 10.6 Å². The van der Waals surface area contributed by atoms with Crippen LogP contribution in [0, 0.1) is 6.92 Å². The monoisotopic (exact) mass is 276 g/mol. The van der Waals surface area contributed by atoms with Gasteiger partial charge in [-0.3, -0.25) is 4.79 Å². The molecular weight excluding hydrogens is 252 g/mol. The highest BCUT2D eigenvalue weighted by molar-refractivity contribution is 5.76. The quantitative estimate of drug-likeness (QED) is 0.746. The number of carbonyl (C=O) groups excluding carboxylic acids is 1. The summed E-state index contributed by atoms with van der Waals surface area (Å²) >= 11 is 0. The van der Waals surface area contributed by atoms with Crippen LogP contribution >= 0.6 is 0 Å². The van der Waals surface area contributed by atoms with E-state index in [1.807, 2.05) is 0 Å². The van der Waals surface area contributed by atoms with Gasteiger partial charge in [-0.2, -0.15) is 0 Å². The first kappa shape index (κ1) is 15.0. The second-order valence-electron chi connectivity index (χ2n) is 5.35. The number of benzene rings is 1. The van der Waals surface area contributed by atoms with E-state index in [0.29, 0.717) is 19.5 Å². The Bertz CT molecular complexity index is 411. The van der Waals surface area contributed by atoms with Gasteiger partial charge in [0, 0.05) is 32.7 Å². The molecule has 0 aliphatic carbocycles. The van der Waals surface area contributed by atoms with Crippen LogP contribution in [0.3, 0.4) is 0 Å². The lowest BCUT2D eigenvalue weighted by Gasteiger charge is -2.11. The van der Waals surface area contributed by atoms with E-state index in [0.717, 1.165) is 26.0 Å². The van der Waals surface area contributed by atoms with Gasteiger partial charge in [0.15, 0.2) is 0 Å². The Kier molecular flexibility index (Phi) is 6.02. The number of ether oxygens (including phenoxy) is 1. The predicted octanol–water partition coefficient (Wildman–Crippen LogP) is 1.77. The second kappa shape index (κ2) is 8.02. The molecule has 0 bridgehead atoms. The summed E-state index contributed by atoms with van der Waals surface area (Å²) in [5.74, 6) is 0.0944. The summed E-state index contributed by atoms with van der Waals surface area (Å²) in [6.07, 6.45) is 2.91. The lowest BCUT2D eigenvalue weighted by molar-refractivity contribution is -0.121. The molecule has 4 heteroatoms. The van der Waals surface area contributed by atoms with E-state index < -0.39 is 0 Å². The molecule has 0 spiro atoms. The van der Waals surface area contributed by atoms with Crippen molar-refractivity contribution in [2.24, 2.45) is 0 Å². The van der Waals surface area contributed by atoms with Crippen LogP contribution in [0.1, 0.15) is 30.4 Å². The van der Waals surface area contributed by atoms with E-state index >= 15 is 0 Å². The normalized spacial score (nSPS) is 18.1. The minimum absolute atomic E-state index is 0.0944. The van der Waals surface area contributed by atoms with Gasteiger partial charge in [0.25, 0.3) is 0 Å². The second-order valence-corrected chi connectivity index (χ2v) is 5.35. The molecule has 0 saturated carbocycles. The summed E-state index contributed by atoms with van der Waals surface area (Å²) in [5.41, 5.74) is 2.51. The van der Waals surface area contributed by atoms with Gasteiger partial charge in [-0.1, -0.05) is 29.8 Å². The van der Waals surface area contributed by atoms with Crippen LogP contribution in [0.25, 0.3) is 0 Å². The van der Waals surface area contributed by atoms with E-state index in [1.165, 1.54) is 11.1 Å². The number of aryl methyl sites for hydroxylation is 1. The number of carbonyl (C=O) groups is 1. The average Bonchev–Trinajstić information content (AvgIpc) is 2.96. The number of hydrogen-bond donors (Lipinski definition) is 2. The van der Waals surface area contributed by atoms with E-state index in [2.05, 4.69) is 41.8 Å². The van der Waals surface area contributed by atoms with Crippen molar-refractivity contribution in [3.63, 3.8) is 0 Å². The first-order valence-electron chi connectivity index (χ1n) is 7.38. The van der Waals surface area contributed by atoms with Crippen molar-refractivity contribution in [1.29, 1.82) is 0 Å². The molecule has 1 aromatic carbocycles. The van der Waals surface area contributed by atoms with Crippen molar-refractivity contribution in [3.8, 4) is 0 Å². The Hall–Kier alpha value is -1.39. The molecule has 0 radical (unpaired) electrons. The Morgan fingerprint density at radius 1 is 1.35 bits per heavy atom. The smallest absolute Gasteiger partial charge is 0.221 e. The molecule has 2 N–H and O–H groups in total. The van der Waals surface area contributed by atoms with Gasteiger partial charge in [0.2, 0.25) is 5.91 Å². The Labute approximate surface area is 120 Å². The number of hydrogen-bond acceptors (Lipinski definition) is 3. The predicted molar refractivity (Wildman–Crippen MR) is 79.5 cm³/mol. The standard InChI is InChI=1S/C16H24N2O2/c1-13-4-6-14(7-5-13)11-17-9-8-16(19)18-12-15-3-2-10-20-15/h4-7,15,17H,2-3,8-12H2,1H3,(H,18,19). The molecule has 1 fully saturated rings. The van der Waals surface area contributed by atoms with Crippen molar-refractivity contribution in [3.05, 3.63) is 35.4 Å². The molecule has 4 nitrogen and oxygen atoms in total. The van der Waals surface area contributed by atoms with Crippen LogP contribution in [0.5, 0.6) is 0 Å². The largest absolute Gasteiger partial charge is 0.376 e. The highest BCUT2D eigenvalue weighted by Gasteiger charge is 2.15. The minimum Gasteiger partial charge on any atom is -0.376 e. The zero-order valence-electron chi connectivity index (χ0n) is 12.2. The summed E-state index contributed by atoms with van der Waals surface area (Å²) in [6.45, 7) is 5.07. The third kappa shape index (κ3) is 5.31. The average molecular weight is 276 g/mol. The van der Waals surface area contributed by atoms with Crippen LogP contribution < -0.4 is 10.6 Å². The van der Waals surface area contributed by atoms with Gasteiger partial charge < -0.3 is 15.4 Å². The maximum absolute atomic E-state index is 11.6. The topological polar surface area (TPSA) is 50.4 Å². The first-order valence-corrected chi connectivity index (χ1v) is 7.38. The highest BCUT2D eigenvalue weighted by atomic mass is 16.5. The Morgan fingerprint density at radius 3 is 2.85 bits per heavy atom. The maximum atomic E-state index is 11.6. The van der Waals surface area contributed by atoms with Crippen LogP contribution in [0.15, 0.2) is 24.3 Å². The molecule has 1 unspecified atom stereocenters. The molecule has 0 aromatic heterocycles. The zero-order chi connectivity index (χ0) is 14.2. The van der Waals surface area contributed by atoms with Crippen molar-refractivity contribution in [2.75, 3.05) is 19.7 Å². The van der Waals surface area contributed by atoms with E-state index in [9.17, 15) is 4.79 Å². The summed E-state index contributed by atoms with van der Waals surface area (Å²) in [6, 6.07) is 8.43. The summed E-state index contributed by atoms with van der Waals surface area (Å²) < 4.78 is 5.47. The molecule has 2 rings (SSSR count). The fourth-order valence-corrected chi connectivity index (χ4v) is 2.26. The summed E-state index contributed by atoms with van der Waals surface area (Å²) in [5, 5.41) is 6.21. The molecule has 1 aliphatic heterocycles. The van der Waals surface area contributed by atoms with Gasteiger partial charge in [-0.15, -0.1) is 0 Å². The first-order chi connectivity index (χ1) is 9.74. The van der Waals surface area contributed by atoms with Crippen molar-refractivity contribution in [2.45, 2.75) is 38.8 Å². The molecular formula is C16H24N2O2. The fraction of sp³-hybridized carbons (Fsp3) is 0.562. The van der Waals surface area contributed by atoms with Crippen molar-refractivity contribution < 1.29 is 9.53 Å². The van der Waals surface area contributed by atoms with E-state index in [4.69, 9.17) is 4.74 Å². The molecule has 1 saturated heterocycles. The third-order valence-corrected chi connectivity index (χ3v) is 3.53. The maximum Gasteiger partial charge on any atom is 0.221 e. The zero-order valence-corrected chi connectivity index (χ0v) is 12.2. The van der Waals surface area contributed by atoms with Gasteiger partial charge in [-0.25, -0.2) is 0 Å². The lowest BCUT2D eigenvalue weighted by atomic mass is 10.1. The number of rotatable bonds is 7. The highest BCUT2D eigenvalue weighted by Crippen LogP contribution is 2.10. The van der Waals surface area contributed by atoms with Crippen LogP contribution in [0.4, 0.5) is 0 Å². The van der Waals surface area contributed by atoms with Gasteiger partial charge in [0.1, 0.15) is 0 Å².